The maximum absolute atomic E-state index is 8.97. The molecule has 2 heterocycles. The minimum absolute atomic E-state index is 0.591. The van der Waals surface area contributed by atoms with Crippen molar-refractivity contribution in [2.45, 2.75) is 6.92 Å². The summed E-state index contributed by atoms with van der Waals surface area (Å²) in [4.78, 5) is 2.31. The van der Waals surface area contributed by atoms with Crippen molar-refractivity contribution in [3.05, 3.63) is 29.1 Å². The lowest BCUT2D eigenvalue weighted by Gasteiger charge is -1.94. The number of hydrogen-bond acceptors (Lipinski definition) is 4. The molecule has 2 N–H and O–H groups in total. The van der Waals surface area contributed by atoms with E-state index in [2.05, 4.69) is 13.0 Å². The zero-order valence-corrected chi connectivity index (χ0v) is 9.23. The van der Waals surface area contributed by atoms with Gasteiger partial charge < -0.3 is 10.0 Å². The van der Waals surface area contributed by atoms with Crippen LogP contribution in [0.15, 0.2) is 23.6 Å². The van der Waals surface area contributed by atoms with Crippen LogP contribution in [0.3, 0.4) is 0 Å². The van der Waals surface area contributed by atoms with Gasteiger partial charge in [-0.25, -0.2) is 0 Å². The van der Waals surface area contributed by atoms with Crippen molar-refractivity contribution >= 4 is 34.6 Å². The van der Waals surface area contributed by atoms with Gasteiger partial charge in [0.2, 0.25) is 0 Å². The molecule has 72 valence electrons. The first-order valence-electron chi connectivity index (χ1n) is 4.19. The van der Waals surface area contributed by atoms with E-state index in [1.807, 2.05) is 11.4 Å². The maximum atomic E-state index is 8.97. The predicted octanol–water partition coefficient (Wildman–Crippen LogP) is 1.46. The Bertz CT molecular complexity index is 433. The molecule has 2 aromatic heterocycles. The molecule has 14 heavy (non-hydrogen) atoms. The molecule has 0 saturated carbocycles. The number of aryl methyl sites for hydroxylation is 1. The van der Waals surface area contributed by atoms with Crippen molar-refractivity contribution in [2.75, 3.05) is 0 Å². The van der Waals surface area contributed by atoms with Gasteiger partial charge >= 0.3 is 7.12 Å². The minimum Gasteiger partial charge on any atom is -0.423 e. The van der Waals surface area contributed by atoms with E-state index in [1.54, 1.807) is 17.4 Å². The molecule has 0 fully saturated rings. The monoisotopic (exact) mass is 224 g/mol. The van der Waals surface area contributed by atoms with Crippen LogP contribution in [0.1, 0.15) is 5.56 Å². The molecule has 0 unspecified atom stereocenters. The smallest absolute Gasteiger partial charge is 0.423 e. The molecule has 2 rings (SSSR count). The highest BCUT2D eigenvalue weighted by Crippen LogP contribution is 2.31. The highest BCUT2D eigenvalue weighted by Gasteiger charge is 2.15. The lowest BCUT2D eigenvalue weighted by Crippen LogP contribution is -2.26. The first-order chi connectivity index (χ1) is 6.68. The molecule has 0 aliphatic heterocycles. The predicted molar refractivity (Wildman–Crippen MR) is 62.2 cm³/mol. The minimum atomic E-state index is -1.35. The van der Waals surface area contributed by atoms with Gasteiger partial charge in [-0.05, 0) is 30.0 Å². The van der Waals surface area contributed by atoms with E-state index in [0.29, 0.717) is 4.78 Å². The third kappa shape index (κ3) is 1.76. The fraction of sp³-hybridized carbons (Fsp3) is 0.111. The Balaban J connectivity index is 2.39. The van der Waals surface area contributed by atoms with E-state index in [4.69, 9.17) is 10.0 Å². The molecule has 0 aliphatic rings. The third-order valence-electron chi connectivity index (χ3n) is 1.97. The van der Waals surface area contributed by atoms with Gasteiger partial charge in [0.25, 0.3) is 0 Å². The van der Waals surface area contributed by atoms with E-state index >= 15 is 0 Å². The number of thiophene rings is 2. The average molecular weight is 224 g/mol. The van der Waals surface area contributed by atoms with Gasteiger partial charge in [0.1, 0.15) is 0 Å². The van der Waals surface area contributed by atoms with Gasteiger partial charge in [0.15, 0.2) is 0 Å². The van der Waals surface area contributed by atoms with Crippen molar-refractivity contribution < 1.29 is 10.0 Å². The van der Waals surface area contributed by atoms with Crippen molar-refractivity contribution in [3.63, 3.8) is 0 Å². The molecule has 5 heteroatoms. The second kappa shape index (κ2) is 3.86. The van der Waals surface area contributed by atoms with Gasteiger partial charge in [0, 0.05) is 14.5 Å². The van der Waals surface area contributed by atoms with Gasteiger partial charge in [-0.2, -0.15) is 0 Å². The fourth-order valence-corrected chi connectivity index (χ4v) is 3.24. The quantitative estimate of drug-likeness (QED) is 0.758. The van der Waals surface area contributed by atoms with E-state index in [0.717, 1.165) is 4.88 Å². The Morgan fingerprint density at radius 2 is 2.00 bits per heavy atom. The average Bonchev–Trinajstić information content (AvgIpc) is 2.71. The summed E-state index contributed by atoms with van der Waals surface area (Å²) >= 11 is 3.10. The van der Waals surface area contributed by atoms with Gasteiger partial charge in [-0.3, -0.25) is 0 Å². The standard InChI is InChI=1S/C9H9BO2S2/c1-6-4-5-13-9(6)7-2-3-8(14-7)10(11)12/h2-5,11-12H,1H3. The van der Waals surface area contributed by atoms with Crippen molar-refractivity contribution in [1.29, 1.82) is 0 Å². The molecule has 0 amide bonds. The van der Waals surface area contributed by atoms with E-state index in [9.17, 15) is 0 Å². The Morgan fingerprint density at radius 3 is 2.50 bits per heavy atom. The van der Waals surface area contributed by atoms with Crippen LogP contribution in [0.2, 0.25) is 0 Å². The Labute approximate surface area is 90.6 Å². The molecule has 0 radical (unpaired) electrons. The van der Waals surface area contributed by atoms with Crippen LogP contribution in [0.25, 0.3) is 9.75 Å². The molecule has 0 spiro atoms. The summed E-state index contributed by atoms with van der Waals surface area (Å²) in [5, 5.41) is 20.0. The van der Waals surface area contributed by atoms with Crippen molar-refractivity contribution in [1.82, 2.24) is 0 Å². The van der Waals surface area contributed by atoms with Gasteiger partial charge in [-0.1, -0.05) is 6.07 Å². The molecule has 2 nitrogen and oxygen atoms in total. The Hall–Kier alpha value is -0.615. The Morgan fingerprint density at radius 1 is 1.21 bits per heavy atom. The van der Waals surface area contributed by atoms with Crippen LogP contribution in [0, 0.1) is 6.92 Å². The normalized spacial score (nSPS) is 10.5. The lowest BCUT2D eigenvalue weighted by atomic mass is 9.90. The molecule has 0 bridgehead atoms. The summed E-state index contributed by atoms with van der Waals surface area (Å²) in [5.74, 6) is 0. The lowest BCUT2D eigenvalue weighted by molar-refractivity contribution is 0.427. The van der Waals surface area contributed by atoms with Crippen LogP contribution in [0.4, 0.5) is 0 Å². The van der Waals surface area contributed by atoms with Gasteiger partial charge in [0.05, 0.1) is 0 Å². The highest BCUT2D eigenvalue weighted by molar-refractivity contribution is 7.27. The van der Waals surface area contributed by atoms with Crippen LogP contribution in [-0.2, 0) is 0 Å². The van der Waals surface area contributed by atoms with Crippen molar-refractivity contribution in [3.8, 4) is 9.75 Å². The summed E-state index contributed by atoms with van der Waals surface area (Å²) in [7, 11) is -1.35. The van der Waals surface area contributed by atoms with E-state index < -0.39 is 7.12 Å². The van der Waals surface area contributed by atoms with Crippen LogP contribution in [0.5, 0.6) is 0 Å². The summed E-state index contributed by atoms with van der Waals surface area (Å²) < 4.78 is 0.591. The summed E-state index contributed by atoms with van der Waals surface area (Å²) in [6.07, 6.45) is 0. The molecule has 0 aliphatic carbocycles. The largest absolute Gasteiger partial charge is 0.499 e. The molecule has 0 saturated heterocycles. The number of hydrogen-bond donors (Lipinski definition) is 2. The molecule has 2 aromatic rings. The molecule has 0 aromatic carbocycles. The van der Waals surface area contributed by atoms with Crippen LogP contribution in [-0.4, -0.2) is 17.2 Å². The Kier molecular flexibility index (Phi) is 2.74. The summed E-state index contributed by atoms with van der Waals surface area (Å²) in [6, 6.07) is 5.75. The fourth-order valence-electron chi connectivity index (χ4n) is 1.24. The third-order valence-corrected chi connectivity index (χ3v) is 4.29. The second-order valence-corrected chi connectivity index (χ2v) is 5.04. The summed E-state index contributed by atoms with van der Waals surface area (Å²) in [6.45, 7) is 2.06. The number of rotatable bonds is 2. The molecular formula is C9H9BO2S2. The van der Waals surface area contributed by atoms with Crippen molar-refractivity contribution in [2.24, 2.45) is 0 Å². The molecular weight excluding hydrogens is 215 g/mol. The maximum Gasteiger partial charge on any atom is 0.499 e. The van der Waals surface area contributed by atoms with Crippen LogP contribution >= 0.6 is 22.7 Å². The van der Waals surface area contributed by atoms with Crippen LogP contribution < -0.4 is 4.78 Å². The SMILES string of the molecule is Cc1ccsc1-c1ccc(B(O)O)s1. The van der Waals surface area contributed by atoms with E-state index in [-0.39, 0.29) is 0 Å². The molecule has 0 atom stereocenters. The topological polar surface area (TPSA) is 40.5 Å². The summed E-state index contributed by atoms with van der Waals surface area (Å²) in [5.41, 5.74) is 1.23. The zero-order valence-electron chi connectivity index (χ0n) is 7.60. The first kappa shape index (κ1) is 9.92. The van der Waals surface area contributed by atoms with E-state index in [1.165, 1.54) is 21.8 Å². The first-order valence-corrected chi connectivity index (χ1v) is 5.88. The highest BCUT2D eigenvalue weighted by atomic mass is 32.1. The second-order valence-electron chi connectivity index (χ2n) is 3.01. The zero-order chi connectivity index (χ0) is 10.1. The van der Waals surface area contributed by atoms with Gasteiger partial charge in [-0.15, -0.1) is 22.7 Å².